The van der Waals surface area contributed by atoms with Crippen LogP contribution in [0.5, 0.6) is 0 Å². The Labute approximate surface area is 112 Å². The highest BCUT2D eigenvalue weighted by Gasteiger charge is 2.05. The van der Waals surface area contributed by atoms with Gasteiger partial charge in [0.2, 0.25) is 0 Å². The van der Waals surface area contributed by atoms with Crippen molar-refractivity contribution in [2.24, 2.45) is 0 Å². The Kier molecular flexibility index (Phi) is 3.62. The van der Waals surface area contributed by atoms with Crippen LogP contribution in [0.1, 0.15) is 15.9 Å². The Hall–Kier alpha value is -1.88. The molecule has 0 saturated carbocycles. The van der Waals surface area contributed by atoms with Crippen LogP contribution in [-0.2, 0) is 6.54 Å². The van der Waals surface area contributed by atoms with Crippen LogP contribution in [0.2, 0.25) is 0 Å². The van der Waals surface area contributed by atoms with Gasteiger partial charge < -0.3 is 14.5 Å². The lowest BCUT2D eigenvalue weighted by Gasteiger charge is -2.10. The number of carboxylic acid groups (broad SMARTS) is 1. The predicted molar refractivity (Wildman–Crippen MR) is 68.3 cm³/mol. The van der Waals surface area contributed by atoms with Crippen molar-refractivity contribution in [3.8, 4) is 0 Å². The molecule has 18 heavy (non-hydrogen) atoms. The van der Waals surface area contributed by atoms with E-state index in [4.69, 9.17) is 0 Å². The molecule has 1 aromatic heterocycles. The van der Waals surface area contributed by atoms with Gasteiger partial charge in [-0.15, -0.1) is 0 Å². The first-order valence-corrected chi connectivity index (χ1v) is 6.02. The zero-order valence-corrected chi connectivity index (χ0v) is 10.9. The SMILES string of the molecule is O=C([O-])c1cc(Br)c(=O)n(Cc2ccccc2)c1. The molecular weight excluding hydrogens is 298 g/mol. The van der Waals surface area contributed by atoms with E-state index in [0.29, 0.717) is 6.54 Å². The summed E-state index contributed by atoms with van der Waals surface area (Å²) in [5, 5.41) is 10.8. The van der Waals surface area contributed by atoms with Crippen molar-refractivity contribution < 1.29 is 9.90 Å². The Balaban J connectivity index is 2.44. The number of carbonyl (C=O) groups is 1. The molecule has 0 aliphatic heterocycles. The number of carboxylic acids is 1. The van der Waals surface area contributed by atoms with Crippen LogP contribution >= 0.6 is 15.9 Å². The third kappa shape index (κ3) is 2.68. The molecule has 1 aromatic carbocycles. The average Bonchev–Trinajstić information content (AvgIpc) is 2.35. The van der Waals surface area contributed by atoms with E-state index in [0.717, 1.165) is 5.56 Å². The van der Waals surface area contributed by atoms with Crippen molar-refractivity contribution in [3.05, 3.63) is 68.5 Å². The number of aromatic nitrogens is 1. The molecule has 0 saturated heterocycles. The number of aromatic carboxylic acids is 1. The van der Waals surface area contributed by atoms with E-state index < -0.39 is 5.97 Å². The molecule has 1 heterocycles. The first-order valence-electron chi connectivity index (χ1n) is 5.23. The van der Waals surface area contributed by atoms with E-state index in [2.05, 4.69) is 15.9 Å². The number of hydrogen-bond acceptors (Lipinski definition) is 3. The number of hydrogen-bond donors (Lipinski definition) is 0. The summed E-state index contributed by atoms with van der Waals surface area (Å²) < 4.78 is 1.55. The molecule has 0 aliphatic carbocycles. The zero-order valence-electron chi connectivity index (χ0n) is 9.30. The van der Waals surface area contributed by atoms with Gasteiger partial charge >= 0.3 is 0 Å². The molecule has 0 aliphatic rings. The van der Waals surface area contributed by atoms with Crippen LogP contribution in [0.3, 0.4) is 0 Å². The molecule has 0 spiro atoms. The smallest absolute Gasteiger partial charge is 0.265 e. The summed E-state index contributed by atoms with van der Waals surface area (Å²) in [7, 11) is 0. The second-order valence-electron chi connectivity index (χ2n) is 3.78. The van der Waals surface area contributed by atoms with E-state index in [9.17, 15) is 14.7 Å². The van der Waals surface area contributed by atoms with Crippen LogP contribution in [0.4, 0.5) is 0 Å². The molecule has 0 bridgehead atoms. The zero-order chi connectivity index (χ0) is 13.1. The number of halogens is 1. The molecule has 0 atom stereocenters. The van der Waals surface area contributed by atoms with Crippen molar-refractivity contribution in [1.82, 2.24) is 4.57 Å². The molecule has 0 radical (unpaired) electrons. The Morgan fingerprint density at radius 3 is 2.56 bits per heavy atom. The van der Waals surface area contributed by atoms with Gasteiger partial charge in [0.05, 0.1) is 17.0 Å². The van der Waals surface area contributed by atoms with Gasteiger partial charge in [0.25, 0.3) is 5.56 Å². The Morgan fingerprint density at radius 1 is 1.28 bits per heavy atom. The van der Waals surface area contributed by atoms with Gasteiger partial charge in [0, 0.05) is 11.8 Å². The first-order chi connectivity index (χ1) is 8.58. The molecule has 2 rings (SSSR count). The lowest BCUT2D eigenvalue weighted by atomic mass is 10.2. The van der Waals surface area contributed by atoms with Crippen molar-refractivity contribution in [1.29, 1.82) is 0 Å². The number of benzene rings is 1. The molecule has 4 nitrogen and oxygen atoms in total. The molecule has 0 N–H and O–H groups in total. The number of rotatable bonds is 3. The summed E-state index contributed by atoms with van der Waals surface area (Å²) in [6, 6.07) is 10.6. The lowest BCUT2D eigenvalue weighted by Crippen LogP contribution is -2.27. The lowest BCUT2D eigenvalue weighted by molar-refractivity contribution is -0.255. The summed E-state index contributed by atoms with van der Waals surface area (Å²) in [5.74, 6) is -1.31. The Morgan fingerprint density at radius 2 is 1.94 bits per heavy atom. The summed E-state index contributed by atoms with van der Waals surface area (Å²) in [6.07, 6.45) is 1.29. The van der Waals surface area contributed by atoms with Crippen molar-refractivity contribution in [2.45, 2.75) is 6.54 Å². The molecule has 0 amide bonds. The molecular formula is C13H9BrNO3-. The van der Waals surface area contributed by atoms with E-state index in [1.54, 1.807) is 0 Å². The number of nitrogens with zero attached hydrogens (tertiary/aromatic N) is 1. The second kappa shape index (κ2) is 5.18. The molecule has 0 fully saturated rings. The summed E-state index contributed by atoms with van der Waals surface area (Å²) >= 11 is 3.05. The van der Waals surface area contributed by atoms with Crippen molar-refractivity contribution >= 4 is 21.9 Å². The largest absolute Gasteiger partial charge is 0.545 e. The molecule has 5 heteroatoms. The van der Waals surface area contributed by atoms with Crippen LogP contribution in [0.15, 0.2) is 51.9 Å². The molecule has 0 unspecified atom stereocenters. The fourth-order valence-corrected chi connectivity index (χ4v) is 2.08. The van der Waals surface area contributed by atoms with E-state index in [1.807, 2.05) is 30.3 Å². The third-order valence-electron chi connectivity index (χ3n) is 2.47. The van der Waals surface area contributed by atoms with Gasteiger partial charge in [-0.2, -0.15) is 0 Å². The van der Waals surface area contributed by atoms with Gasteiger partial charge in [-0.1, -0.05) is 30.3 Å². The second-order valence-corrected chi connectivity index (χ2v) is 4.64. The normalized spacial score (nSPS) is 10.3. The monoisotopic (exact) mass is 306 g/mol. The molecule has 2 aromatic rings. The van der Waals surface area contributed by atoms with E-state index in [1.165, 1.54) is 16.8 Å². The van der Waals surface area contributed by atoms with Gasteiger partial charge in [0.1, 0.15) is 0 Å². The van der Waals surface area contributed by atoms with E-state index in [-0.39, 0.29) is 15.6 Å². The highest BCUT2D eigenvalue weighted by Crippen LogP contribution is 2.08. The fourth-order valence-electron chi connectivity index (χ4n) is 1.61. The van der Waals surface area contributed by atoms with Crippen LogP contribution < -0.4 is 10.7 Å². The number of carbonyl (C=O) groups excluding carboxylic acids is 1. The minimum absolute atomic E-state index is 0.0302. The van der Waals surface area contributed by atoms with E-state index >= 15 is 0 Å². The average molecular weight is 307 g/mol. The maximum Gasteiger partial charge on any atom is 0.265 e. The van der Waals surface area contributed by atoms with Crippen molar-refractivity contribution in [2.75, 3.05) is 0 Å². The summed E-state index contributed by atoms with van der Waals surface area (Å²) in [6.45, 7) is 0.319. The van der Waals surface area contributed by atoms with Gasteiger partial charge in [-0.3, -0.25) is 4.79 Å². The predicted octanol–water partition coefficient (Wildman–Crippen LogP) is 1.02. The van der Waals surface area contributed by atoms with Crippen LogP contribution in [-0.4, -0.2) is 10.5 Å². The minimum Gasteiger partial charge on any atom is -0.545 e. The topological polar surface area (TPSA) is 62.1 Å². The highest BCUT2D eigenvalue weighted by atomic mass is 79.9. The maximum absolute atomic E-state index is 11.9. The van der Waals surface area contributed by atoms with Crippen LogP contribution in [0.25, 0.3) is 0 Å². The minimum atomic E-state index is -1.31. The third-order valence-corrected chi connectivity index (χ3v) is 3.04. The molecule has 92 valence electrons. The first kappa shape index (κ1) is 12.6. The maximum atomic E-state index is 11.9. The summed E-state index contributed by atoms with van der Waals surface area (Å²) in [4.78, 5) is 22.7. The standard InChI is InChI=1S/C13H10BrNO3/c14-11-6-10(13(17)18)8-15(12(11)16)7-9-4-2-1-3-5-9/h1-6,8H,7H2,(H,17,18)/p-1. The van der Waals surface area contributed by atoms with Gasteiger partial charge in [-0.05, 0) is 27.6 Å². The number of pyridine rings is 1. The Bertz CT molecular complexity index is 634. The van der Waals surface area contributed by atoms with Crippen molar-refractivity contribution in [3.63, 3.8) is 0 Å². The van der Waals surface area contributed by atoms with Crippen LogP contribution in [0, 0.1) is 0 Å². The summed E-state index contributed by atoms with van der Waals surface area (Å²) in [5.41, 5.74) is 0.614. The van der Waals surface area contributed by atoms with Gasteiger partial charge in [0.15, 0.2) is 0 Å². The quantitative estimate of drug-likeness (QED) is 0.850. The fraction of sp³-hybridized carbons (Fsp3) is 0.0769. The van der Waals surface area contributed by atoms with Gasteiger partial charge in [-0.25, -0.2) is 0 Å². The highest BCUT2D eigenvalue weighted by molar-refractivity contribution is 9.10.